The maximum absolute atomic E-state index is 11.6. The van der Waals surface area contributed by atoms with Gasteiger partial charge in [-0.2, -0.15) is 0 Å². The maximum Gasteiger partial charge on any atom is 0.411 e. The average molecular weight is 399 g/mol. The summed E-state index contributed by atoms with van der Waals surface area (Å²) in [5, 5.41) is 2.60. The molecule has 2 aromatic rings. The van der Waals surface area contributed by atoms with Gasteiger partial charge in [-0.3, -0.25) is 10.2 Å². The fourth-order valence-corrected chi connectivity index (χ4v) is 3.46. The van der Waals surface area contributed by atoms with Crippen LogP contribution in [0.4, 0.5) is 22.1 Å². The molecular formula is C20H25N5O4. The van der Waals surface area contributed by atoms with Gasteiger partial charge in [0.2, 0.25) is 6.79 Å². The van der Waals surface area contributed by atoms with Gasteiger partial charge in [-0.25, -0.2) is 9.78 Å². The van der Waals surface area contributed by atoms with E-state index in [0.29, 0.717) is 19.1 Å². The number of nitrogens with zero attached hydrogens (tertiary/aromatic N) is 3. The number of aromatic nitrogens is 1. The van der Waals surface area contributed by atoms with Crippen LogP contribution in [0.3, 0.4) is 0 Å². The number of carbonyl (C=O) groups excluding carboxylic acids is 1. The van der Waals surface area contributed by atoms with E-state index < -0.39 is 6.09 Å². The fourth-order valence-electron chi connectivity index (χ4n) is 3.46. The summed E-state index contributed by atoms with van der Waals surface area (Å²) >= 11 is 0. The lowest BCUT2D eigenvalue weighted by molar-refractivity contribution is 0.168. The molecule has 9 heteroatoms. The first-order valence-electron chi connectivity index (χ1n) is 9.68. The summed E-state index contributed by atoms with van der Waals surface area (Å²) < 4.78 is 15.7. The number of nitrogens with one attached hydrogen (secondary N) is 1. The number of nitrogen functional groups attached to an aromatic ring is 1. The lowest BCUT2D eigenvalue weighted by atomic mass is 10.1. The summed E-state index contributed by atoms with van der Waals surface area (Å²) in [7, 11) is 0. The van der Waals surface area contributed by atoms with Crippen LogP contribution in [-0.2, 0) is 11.3 Å². The molecule has 3 N–H and O–H groups in total. The van der Waals surface area contributed by atoms with Crippen LogP contribution in [-0.4, -0.2) is 55.6 Å². The molecule has 1 amide bonds. The normalized spacial score (nSPS) is 16.0. The van der Waals surface area contributed by atoms with Crippen LogP contribution in [0.5, 0.6) is 11.5 Å². The minimum atomic E-state index is -0.536. The molecule has 2 aliphatic heterocycles. The number of fused-ring (bicyclic) bond motifs is 1. The van der Waals surface area contributed by atoms with Gasteiger partial charge in [0.1, 0.15) is 11.6 Å². The van der Waals surface area contributed by atoms with E-state index >= 15 is 0 Å². The third-order valence-corrected chi connectivity index (χ3v) is 4.96. The Morgan fingerprint density at radius 3 is 2.72 bits per heavy atom. The van der Waals surface area contributed by atoms with E-state index in [1.54, 1.807) is 13.0 Å². The van der Waals surface area contributed by atoms with Gasteiger partial charge in [0, 0.05) is 32.7 Å². The van der Waals surface area contributed by atoms with Crippen molar-refractivity contribution in [3.63, 3.8) is 0 Å². The summed E-state index contributed by atoms with van der Waals surface area (Å²) in [5.41, 5.74) is 7.67. The molecule has 1 aromatic heterocycles. The van der Waals surface area contributed by atoms with E-state index in [1.807, 2.05) is 18.2 Å². The number of amides is 1. The molecule has 154 valence electrons. The van der Waals surface area contributed by atoms with Gasteiger partial charge in [0.15, 0.2) is 11.5 Å². The summed E-state index contributed by atoms with van der Waals surface area (Å²) in [6, 6.07) is 9.72. The number of pyridine rings is 1. The van der Waals surface area contributed by atoms with Gasteiger partial charge >= 0.3 is 6.09 Å². The number of hydrogen-bond donors (Lipinski definition) is 2. The van der Waals surface area contributed by atoms with Gasteiger partial charge in [0.05, 0.1) is 12.3 Å². The topological polar surface area (TPSA) is 102 Å². The van der Waals surface area contributed by atoms with Crippen molar-refractivity contribution in [1.82, 2.24) is 9.88 Å². The summed E-state index contributed by atoms with van der Waals surface area (Å²) in [6.07, 6.45) is -0.536. The number of hydrogen-bond acceptors (Lipinski definition) is 8. The molecule has 2 aliphatic rings. The highest BCUT2D eigenvalue weighted by atomic mass is 16.7. The molecule has 0 bridgehead atoms. The zero-order valence-electron chi connectivity index (χ0n) is 16.4. The number of anilines is 3. The van der Waals surface area contributed by atoms with Crippen molar-refractivity contribution in [1.29, 1.82) is 0 Å². The molecule has 29 heavy (non-hydrogen) atoms. The second-order valence-corrected chi connectivity index (χ2v) is 6.90. The molecule has 0 spiro atoms. The first kappa shape index (κ1) is 19.1. The largest absolute Gasteiger partial charge is 0.454 e. The Hall–Kier alpha value is -3.20. The van der Waals surface area contributed by atoms with Gasteiger partial charge in [-0.1, -0.05) is 6.07 Å². The SMILES string of the molecule is CCOC(=O)Nc1ccc(N2CCN(Cc3ccc4c(c3)OCO4)CC2)nc1N. The van der Waals surface area contributed by atoms with E-state index in [1.165, 1.54) is 5.56 Å². The Morgan fingerprint density at radius 2 is 1.97 bits per heavy atom. The van der Waals surface area contributed by atoms with Crippen LogP contribution in [0.15, 0.2) is 30.3 Å². The maximum atomic E-state index is 11.6. The summed E-state index contributed by atoms with van der Waals surface area (Å²) in [4.78, 5) is 20.6. The van der Waals surface area contributed by atoms with Crippen molar-refractivity contribution in [2.24, 2.45) is 0 Å². The number of benzene rings is 1. The van der Waals surface area contributed by atoms with Crippen LogP contribution in [0, 0.1) is 0 Å². The Labute approximate surface area is 169 Å². The standard InChI is InChI=1S/C20H25N5O4/c1-2-27-20(26)22-15-4-6-18(23-19(15)21)25-9-7-24(8-10-25)12-14-3-5-16-17(11-14)29-13-28-16/h3-6,11H,2,7-10,12-13H2,1H3,(H2,21,23)(H,22,26). The molecule has 1 aromatic carbocycles. The van der Waals surface area contributed by atoms with Crippen LogP contribution in [0.2, 0.25) is 0 Å². The first-order valence-corrected chi connectivity index (χ1v) is 9.68. The first-order chi connectivity index (χ1) is 14.1. The van der Waals surface area contributed by atoms with E-state index in [0.717, 1.165) is 50.0 Å². The molecule has 4 rings (SSSR count). The molecule has 0 radical (unpaired) electrons. The van der Waals surface area contributed by atoms with Crippen molar-refractivity contribution >= 4 is 23.4 Å². The van der Waals surface area contributed by atoms with E-state index in [9.17, 15) is 4.79 Å². The van der Waals surface area contributed by atoms with Crippen molar-refractivity contribution in [2.75, 3.05) is 55.5 Å². The van der Waals surface area contributed by atoms with Crippen LogP contribution in [0.1, 0.15) is 12.5 Å². The summed E-state index contributed by atoms with van der Waals surface area (Å²) in [5.74, 6) is 2.71. The van der Waals surface area contributed by atoms with Crippen molar-refractivity contribution < 1.29 is 19.0 Å². The minimum Gasteiger partial charge on any atom is -0.454 e. The minimum absolute atomic E-state index is 0.276. The molecule has 1 fully saturated rings. The molecule has 9 nitrogen and oxygen atoms in total. The molecule has 0 unspecified atom stereocenters. The van der Waals surface area contributed by atoms with E-state index in [4.69, 9.17) is 19.9 Å². The van der Waals surface area contributed by atoms with Gasteiger partial charge < -0.3 is 24.8 Å². The Balaban J connectivity index is 1.32. The Kier molecular flexibility index (Phi) is 5.57. The fraction of sp³-hybridized carbons (Fsp3) is 0.400. The smallest absolute Gasteiger partial charge is 0.411 e. The zero-order valence-corrected chi connectivity index (χ0v) is 16.4. The predicted octanol–water partition coefficient (Wildman–Crippen LogP) is 2.28. The van der Waals surface area contributed by atoms with Gasteiger partial charge in [-0.15, -0.1) is 0 Å². The quantitative estimate of drug-likeness (QED) is 0.790. The average Bonchev–Trinajstić information content (AvgIpc) is 3.18. The van der Waals surface area contributed by atoms with E-state index in [-0.39, 0.29) is 5.82 Å². The highest BCUT2D eigenvalue weighted by Crippen LogP contribution is 2.33. The Bertz CT molecular complexity index is 883. The van der Waals surface area contributed by atoms with Crippen molar-refractivity contribution in [3.05, 3.63) is 35.9 Å². The molecular weight excluding hydrogens is 374 g/mol. The molecule has 1 saturated heterocycles. The molecule has 0 aliphatic carbocycles. The number of piperazine rings is 1. The highest BCUT2D eigenvalue weighted by molar-refractivity contribution is 5.88. The van der Waals surface area contributed by atoms with Crippen molar-refractivity contribution in [2.45, 2.75) is 13.5 Å². The van der Waals surface area contributed by atoms with Crippen LogP contribution < -0.4 is 25.4 Å². The van der Waals surface area contributed by atoms with Gasteiger partial charge in [-0.05, 0) is 36.8 Å². The molecule has 0 saturated carbocycles. The van der Waals surface area contributed by atoms with Crippen molar-refractivity contribution in [3.8, 4) is 11.5 Å². The lowest BCUT2D eigenvalue weighted by Crippen LogP contribution is -2.46. The monoisotopic (exact) mass is 399 g/mol. The predicted molar refractivity (Wildman–Crippen MR) is 109 cm³/mol. The molecule has 0 atom stereocenters. The second-order valence-electron chi connectivity index (χ2n) is 6.90. The zero-order chi connectivity index (χ0) is 20.2. The lowest BCUT2D eigenvalue weighted by Gasteiger charge is -2.35. The number of nitrogens with two attached hydrogens (primary N) is 1. The highest BCUT2D eigenvalue weighted by Gasteiger charge is 2.20. The third kappa shape index (κ3) is 4.45. The number of ether oxygens (including phenoxy) is 3. The van der Waals surface area contributed by atoms with Crippen LogP contribution >= 0.6 is 0 Å². The number of carbonyl (C=O) groups is 1. The second kappa shape index (κ2) is 8.44. The van der Waals surface area contributed by atoms with E-state index in [2.05, 4.69) is 26.2 Å². The number of rotatable bonds is 5. The van der Waals surface area contributed by atoms with Crippen LogP contribution in [0.25, 0.3) is 0 Å². The third-order valence-electron chi connectivity index (χ3n) is 4.96. The molecule has 3 heterocycles. The van der Waals surface area contributed by atoms with Gasteiger partial charge in [0.25, 0.3) is 0 Å². The Morgan fingerprint density at radius 1 is 1.17 bits per heavy atom. The summed E-state index contributed by atoms with van der Waals surface area (Å²) in [6.45, 7) is 6.73.